The minimum absolute atomic E-state index is 0.00814. The van der Waals surface area contributed by atoms with E-state index in [-0.39, 0.29) is 34.6 Å². The largest absolute Gasteiger partial charge is 0.390 e. The summed E-state index contributed by atoms with van der Waals surface area (Å²) in [5, 5.41) is 23.1. The van der Waals surface area contributed by atoms with Gasteiger partial charge in [-0.2, -0.15) is 0 Å². The highest BCUT2D eigenvalue weighted by molar-refractivity contribution is 5.18. The second kappa shape index (κ2) is 11.1. The molecule has 0 amide bonds. The van der Waals surface area contributed by atoms with Crippen molar-refractivity contribution in [3.63, 3.8) is 0 Å². The van der Waals surface area contributed by atoms with Crippen LogP contribution < -0.4 is 0 Å². The summed E-state index contributed by atoms with van der Waals surface area (Å²) in [7, 11) is 0. The van der Waals surface area contributed by atoms with Crippen molar-refractivity contribution in [2.24, 2.45) is 34.5 Å². The van der Waals surface area contributed by atoms with Crippen molar-refractivity contribution in [2.45, 2.75) is 149 Å². The Bertz CT molecular complexity index is 1090. The molecule has 3 fully saturated rings. The summed E-state index contributed by atoms with van der Waals surface area (Å²) < 4.78 is 13.6. The number of hydrogen-bond acceptors (Lipinski definition) is 4. The topological polar surface area (TPSA) is 58.9 Å². The van der Waals surface area contributed by atoms with Crippen molar-refractivity contribution >= 4 is 0 Å². The van der Waals surface area contributed by atoms with Gasteiger partial charge in [-0.15, -0.1) is 0 Å². The molecule has 1 aromatic carbocycles. The maximum Gasteiger partial charge on any atom is 0.0891 e. The van der Waals surface area contributed by atoms with Crippen molar-refractivity contribution in [1.82, 2.24) is 0 Å². The van der Waals surface area contributed by atoms with Crippen LogP contribution in [-0.2, 0) is 16.1 Å². The van der Waals surface area contributed by atoms with Crippen LogP contribution in [0.4, 0.5) is 0 Å². The van der Waals surface area contributed by atoms with Gasteiger partial charge in [0.15, 0.2) is 0 Å². The number of aliphatic hydroxyl groups is 2. The van der Waals surface area contributed by atoms with Crippen LogP contribution in [0.15, 0.2) is 42.0 Å². The Hall–Kier alpha value is -1.20. The molecule has 230 valence electrons. The minimum atomic E-state index is -0.713. The predicted molar refractivity (Wildman–Crippen MR) is 166 cm³/mol. The lowest BCUT2D eigenvalue weighted by atomic mass is 9.55. The second-order valence-corrected chi connectivity index (χ2v) is 16.2. The van der Waals surface area contributed by atoms with Crippen molar-refractivity contribution in [2.75, 3.05) is 0 Å². The summed E-state index contributed by atoms with van der Waals surface area (Å²) in [6.45, 7) is 18.8. The Balaban J connectivity index is 1.35. The normalized spacial score (nSPS) is 43.8. The van der Waals surface area contributed by atoms with Gasteiger partial charge in [0.2, 0.25) is 0 Å². The molecule has 0 unspecified atom stereocenters. The van der Waals surface area contributed by atoms with Crippen LogP contribution in [0, 0.1) is 34.5 Å². The third-order valence-corrected chi connectivity index (χ3v) is 12.7. The monoisotopic (exact) mass is 566 g/mol. The highest BCUT2D eigenvalue weighted by atomic mass is 16.6. The molecule has 0 bridgehead atoms. The van der Waals surface area contributed by atoms with E-state index in [4.69, 9.17) is 9.47 Å². The molecule has 1 saturated heterocycles. The molecule has 9 atom stereocenters. The predicted octanol–water partition coefficient (Wildman–Crippen LogP) is 8.25. The Labute approximate surface area is 250 Å². The molecule has 3 aliphatic carbocycles. The summed E-state index contributed by atoms with van der Waals surface area (Å²) in [5.41, 5.74) is 1.00. The zero-order valence-electron chi connectivity index (χ0n) is 27.2. The molecule has 4 nitrogen and oxygen atoms in total. The lowest BCUT2D eigenvalue weighted by Gasteiger charge is -2.54. The minimum Gasteiger partial charge on any atom is -0.390 e. The maximum atomic E-state index is 11.9. The summed E-state index contributed by atoms with van der Waals surface area (Å²) >= 11 is 0. The average molecular weight is 567 g/mol. The molecular weight excluding hydrogens is 508 g/mol. The first-order valence-corrected chi connectivity index (χ1v) is 16.5. The van der Waals surface area contributed by atoms with E-state index in [9.17, 15) is 10.2 Å². The van der Waals surface area contributed by atoms with E-state index in [1.807, 2.05) is 6.07 Å². The first kappa shape index (κ1) is 31.2. The Kier molecular flexibility index (Phi) is 8.42. The van der Waals surface area contributed by atoms with Crippen LogP contribution in [0.25, 0.3) is 0 Å². The van der Waals surface area contributed by atoms with Gasteiger partial charge in [-0.05, 0) is 132 Å². The molecule has 2 N–H and O–H groups in total. The Morgan fingerprint density at radius 3 is 2.22 bits per heavy atom. The van der Waals surface area contributed by atoms with E-state index < -0.39 is 11.2 Å². The third-order valence-electron chi connectivity index (χ3n) is 12.7. The van der Waals surface area contributed by atoms with E-state index in [2.05, 4.69) is 85.7 Å². The van der Waals surface area contributed by atoms with Crippen molar-refractivity contribution in [1.29, 1.82) is 0 Å². The van der Waals surface area contributed by atoms with Gasteiger partial charge in [0.1, 0.15) is 0 Å². The lowest BCUT2D eigenvalue weighted by molar-refractivity contribution is -0.212. The third kappa shape index (κ3) is 5.85. The fourth-order valence-corrected chi connectivity index (χ4v) is 10.1. The number of allylic oxidation sites excluding steroid dienone is 2. The zero-order valence-corrected chi connectivity index (χ0v) is 27.2. The van der Waals surface area contributed by atoms with Gasteiger partial charge in [0.25, 0.3) is 0 Å². The van der Waals surface area contributed by atoms with Gasteiger partial charge in [-0.3, -0.25) is 0 Å². The quantitative estimate of drug-likeness (QED) is 0.340. The molecule has 1 aromatic rings. The Morgan fingerprint density at radius 1 is 0.829 bits per heavy atom. The summed E-state index contributed by atoms with van der Waals surface area (Å²) in [4.78, 5) is 0. The van der Waals surface area contributed by atoms with Gasteiger partial charge in [-0.1, -0.05) is 62.8 Å². The summed E-state index contributed by atoms with van der Waals surface area (Å²) in [5.74, 6) is 1.47. The molecule has 0 aromatic heterocycles. The highest BCUT2D eigenvalue weighted by Gasteiger charge is 2.58. The molecule has 0 radical (unpaired) electrons. The van der Waals surface area contributed by atoms with Crippen molar-refractivity contribution < 1.29 is 19.7 Å². The standard InChI is InChI=1S/C37H58O4/c1-25-14-15-29-28(18-22-36(29,7)38)33(2,3)27(25)16-17-30-35(6)21-19-31(40-24-26-12-10-9-11-13-26)34(4,5)41-32(35)20-23-37(30,8)39/h9-14,27-32,38-39H,15-24H2,1-8H3/t27-,28+,29+,30+,31+,32+,35+,36+,37-/m1/s1. The number of ether oxygens (including phenoxy) is 2. The zero-order chi connectivity index (χ0) is 29.8. The fraction of sp³-hybridized carbons (Fsp3) is 0.784. The number of hydrogen-bond donors (Lipinski definition) is 2. The van der Waals surface area contributed by atoms with E-state index in [0.29, 0.717) is 24.4 Å². The van der Waals surface area contributed by atoms with Gasteiger partial charge >= 0.3 is 0 Å². The van der Waals surface area contributed by atoms with E-state index in [1.54, 1.807) is 0 Å². The second-order valence-electron chi connectivity index (χ2n) is 16.2. The van der Waals surface area contributed by atoms with Crippen LogP contribution in [-0.4, -0.2) is 39.2 Å². The molecule has 0 spiro atoms. The first-order chi connectivity index (χ1) is 19.1. The number of fused-ring (bicyclic) bond motifs is 2. The molecule has 4 aliphatic rings. The molecule has 5 rings (SSSR count). The lowest BCUT2D eigenvalue weighted by Crippen LogP contribution is -2.56. The van der Waals surface area contributed by atoms with Crippen LogP contribution in [0.5, 0.6) is 0 Å². The van der Waals surface area contributed by atoms with Crippen LogP contribution in [0.2, 0.25) is 0 Å². The van der Waals surface area contributed by atoms with Crippen LogP contribution >= 0.6 is 0 Å². The van der Waals surface area contributed by atoms with E-state index >= 15 is 0 Å². The fourth-order valence-electron chi connectivity index (χ4n) is 10.1. The SMILES string of the molecule is CC1=CC[C@H]2[C@H](CC[C@]2(C)O)C(C)(C)[C@@H]1CC[C@H]1[C@]2(C)CC[C@H](OCc3ccccc3)C(C)(C)O[C@H]2CC[C@@]1(C)O. The van der Waals surface area contributed by atoms with Crippen molar-refractivity contribution in [3.05, 3.63) is 47.5 Å². The van der Waals surface area contributed by atoms with Gasteiger partial charge < -0.3 is 19.7 Å². The highest BCUT2D eigenvalue weighted by Crippen LogP contribution is 2.59. The Morgan fingerprint density at radius 2 is 1.51 bits per heavy atom. The molecule has 2 saturated carbocycles. The van der Waals surface area contributed by atoms with Gasteiger partial charge in [0, 0.05) is 0 Å². The molecule has 1 aliphatic heterocycles. The number of benzene rings is 1. The summed E-state index contributed by atoms with van der Waals surface area (Å²) in [6.07, 6.45) is 11.2. The first-order valence-electron chi connectivity index (χ1n) is 16.5. The maximum absolute atomic E-state index is 11.9. The molecule has 4 heteroatoms. The van der Waals surface area contributed by atoms with E-state index in [1.165, 1.54) is 11.1 Å². The summed E-state index contributed by atoms with van der Waals surface area (Å²) in [6, 6.07) is 10.4. The number of rotatable bonds is 6. The van der Waals surface area contributed by atoms with Crippen molar-refractivity contribution in [3.8, 4) is 0 Å². The van der Waals surface area contributed by atoms with E-state index in [0.717, 1.165) is 57.8 Å². The average Bonchev–Trinajstić information content (AvgIpc) is 3.10. The smallest absolute Gasteiger partial charge is 0.0891 e. The molecule has 41 heavy (non-hydrogen) atoms. The van der Waals surface area contributed by atoms with Gasteiger partial charge in [-0.25, -0.2) is 0 Å². The molecular formula is C37H58O4. The molecule has 1 heterocycles. The van der Waals surface area contributed by atoms with Crippen LogP contribution in [0.3, 0.4) is 0 Å². The van der Waals surface area contributed by atoms with Gasteiger partial charge in [0.05, 0.1) is 35.6 Å². The van der Waals surface area contributed by atoms with Crippen LogP contribution in [0.1, 0.15) is 119 Å².